The van der Waals surface area contributed by atoms with E-state index in [1.165, 1.54) is 12.8 Å². The first kappa shape index (κ1) is 14.1. The zero-order valence-electron chi connectivity index (χ0n) is 12.4. The number of nitrogens with two attached hydrogens (primary N) is 1. The van der Waals surface area contributed by atoms with Gasteiger partial charge < -0.3 is 20.4 Å². The number of hydrogen-bond donors (Lipinski definition) is 2. The van der Waals surface area contributed by atoms with Gasteiger partial charge in [-0.2, -0.15) is 9.97 Å². The van der Waals surface area contributed by atoms with Crippen molar-refractivity contribution in [1.29, 1.82) is 0 Å². The number of unbranched alkanes of at least 4 members (excludes halogenated alkanes) is 2. The Hall–Kier alpha value is -1.89. The molecule has 0 aliphatic carbocycles. The van der Waals surface area contributed by atoms with Crippen LogP contribution in [0.3, 0.4) is 0 Å². The predicted octanol–water partition coefficient (Wildman–Crippen LogP) is 1.34. The van der Waals surface area contributed by atoms with Gasteiger partial charge in [0, 0.05) is 32.6 Å². The third kappa shape index (κ3) is 3.07. The number of nitrogen functional groups attached to an aromatic ring is 1. The zero-order chi connectivity index (χ0) is 14.7. The number of aryl methyl sites for hydroxylation is 1. The molecule has 0 bridgehead atoms. The third-order valence-corrected chi connectivity index (χ3v) is 3.71. The van der Waals surface area contributed by atoms with Gasteiger partial charge in [0.15, 0.2) is 17.2 Å². The maximum atomic E-state index is 5.81. The smallest absolute Gasteiger partial charge is 0.254 e. The molecule has 1 fully saturated rings. The minimum Gasteiger partial charge on any atom is -0.422 e. The first-order valence-corrected chi connectivity index (χ1v) is 7.66. The Morgan fingerprint density at radius 1 is 1.19 bits per heavy atom. The molecule has 0 aromatic carbocycles. The van der Waals surface area contributed by atoms with Crippen molar-refractivity contribution in [2.75, 3.05) is 36.8 Å². The maximum Gasteiger partial charge on any atom is 0.254 e. The van der Waals surface area contributed by atoms with E-state index in [2.05, 4.69) is 32.1 Å². The molecule has 0 amide bonds. The Morgan fingerprint density at radius 2 is 2.00 bits per heavy atom. The zero-order valence-corrected chi connectivity index (χ0v) is 12.4. The van der Waals surface area contributed by atoms with Gasteiger partial charge in [-0.3, -0.25) is 0 Å². The molecular weight excluding hydrogens is 268 g/mol. The Bertz CT molecular complexity index is 605. The first-order chi connectivity index (χ1) is 10.3. The van der Waals surface area contributed by atoms with Crippen LogP contribution < -0.4 is 16.0 Å². The van der Waals surface area contributed by atoms with Gasteiger partial charge in [-0.05, 0) is 6.42 Å². The Labute approximate surface area is 123 Å². The summed E-state index contributed by atoms with van der Waals surface area (Å²) >= 11 is 0. The largest absolute Gasteiger partial charge is 0.422 e. The molecule has 2 aromatic heterocycles. The summed E-state index contributed by atoms with van der Waals surface area (Å²) in [6.07, 6.45) is 4.27. The number of rotatable bonds is 5. The lowest BCUT2D eigenvalue weighted by molar-refractivity contribution is 0.506. The average Bonchev–Trinajstić information content (AvgIpc) is 2.90. The number of nitrogens with one attached hydrogen (secondary N) is 1. The summed E-state index contributed by atoms with van der Waals surface area (Å²) < 4.78 is 5.74. The highest BCUT2D eigenvalue weighted by Crippen LogP contribution is 2.25. The summed E-state index contributed by atoms with van der Waals surface area (Å²) in [4.78, 5) is 15.3. The minimum atomic E-state index is 0.243. The van der Waals surface area contributed by atoms with E-state index in [1.807, 2.05) is 0 Å². The van der Waals surface area contributed by atoms with Gasteiger partial charge in [-0.15, -0.1) is 0 Å². The van der Waals surface area contributed by atoms with Crippen molar-refractivity contribution >= 4 is 23.0 Å². The molecule has 0 spiro atoms. The summed E-state index contributed by atoms with van der Waals surface area (Å²) in [6, 6.07) is 0. The summed E-state index contributed by atoms with van der Waals surface area (Å²) in [6.45, 7) is 5.84. The molecule has 0 radical (unpaired) electrons. The highest BCUT2D eigenvalue weighted by Gasteiger charge is 2.20. The molecule has 7 nitrogen and oxygen atoms in total. The molecule has 3 rings (SSSR count). The van der Waals surface area contributed by atoms with Crippen molar-refractivity contribution in [2.24, 2.45) is 0 Å². The Balaban J connectivity index is 1.91. The van der Waals surface area contributed by atoms with E-state index in [9.17, 15) is 0 Å². The van der Waals surface area contributed by atoms with Gasteiger partial charge in [0.2, 0.25) is 5.95 Å². The van der Waals surface area contributed by atoms with Gasteiger partial charge >= 0.3 is 0 Å². The van der Waals surface area contributed by atoms with Crippen molar-refractivity contribution < 1.29 is 4.42 Å². The lowest BCUT2D eigenvalue weighted by atomic mass is 10.2. The third-order valence-electron chi connectivity index (χ3n) is 3.71. The van der Waals surface area contributed by atoms with E-state index in [0.717, 1.165) is 56.2 Å². The van der Waals surface area contributed by atoms with Crippen molar-refractivity contribution in [1.82, 2.24) is 20.3 Å². The fourth-order valence-corrected chi connectivity index (χ4v) is 2.60. The normalized spacial score (nSPS) is 15.8. The van der Waals surface area contributed by atoms with E-state index in [-0.39, 0.29) is 5.95 Å². The molecule has 1 saturated heterocycles. The van der Waals surface area contributed by atoms with Crippen molar-refractivity contribution in [2.45, 2.75) is 32.6 Å². The number of nitrogens with zero attached hydrogens (tertiary/aromatic N) is 4. The number of fused-ring (bicyclic) bond motifs is 1. The van der Waals surface area contributed by atoms with Crippen LogP contribution in [0.25, 0.3) is 11.2 Å². The Kier molecular flexibility index (Phi) is 4.19. The molecule has 1 aliphatic heterocycles. The second kappa shape index (κ2) is 6.26. The van der Waals surface area contributed by atoms with E-state index < -0.39 is 0 Å². The SMILES string of the molecule is CCCCCc1nc2c(N3CCNCC3)nc(N)nc2o1. The molecule has 3 heterocycles. The summed E-state index contributed by atoms with van der Waals surface area (Å²) in [5.41, 5.74) is 7.05. The van der Waals surface area contributed by atoms with Crippen LogP contribution in [-0.2, 0) is 6.42 Å². The fraction of sp³-hybridized carbons (Fsp3) is 0.643. The van der Waals surface area contributed by atoms with Gasteiger partial charge in [0.05, 0.1) is 0 Å². The lowest BCUT2D eigenvalue weighted by Gasteiger charge is -2.28. The topological polar surface area (TPSA) is 93.1 Å². The highest BCUT2D eigenvalue weighted by atomic mass is 16.4. The minimum absolute atomic E-state index is 0.243. The molecular formula is C14H22N6O. The van der Waals surface area contributed by atoms with Crippen LogP contribution in [0.5, 0.6) is 0 Å². The van der Waals surface area contributed by atoms with Crippen LogP contribution in [-0.4, -0.2) is 41.1 Å². The van der Waals surface area contributed by atoms with Crippen LogP contribution in [0.2, 0.25) is 0 Å². The second-order valence-electron chi connectivity index (χ2n) is 5.36. The van der Waals surface area contributed by atoms with E-state index in [1.54, 1.807) is 0 Å². The predicted molar refractivity (Wildman–Crippen MR) is 82.3 cm³/mol. The molecule has 2 aromatic rings. The summed E-state index contributed by atoms with van der Waals surface area (Å²) in [7, 11) is 0. The first-order valence-electron chi connectivity index (χ1n) is 7.66. The molecule has 21 heavy (non-hydrogen) atoms. The maximum absolute atomic E-state index is 5.81. The molecule has 0 unspecified atom stereocenters. The number of oxazole rings is 1. The van der Waals surface area contributed by atoms with Gasteiger partial charge in [-0.25, -0.2) is 4.98 Å². The van der Waals surface area contributed by atoms with Crippen LogP contribution >= 0.6 is 0 Å². The number of piperazine rings is 1. The van der Waals surface area contributed by atoms with Crippen LogP contribution in [0.1, 0.15) is 32.1 Å². The number of anilines is 2. The lowest BCUT2D eigenvalue weighted by Crippen LogP contribution is -2.44. The van der Waals surface area contributed by atoms with Crippen LogP contribution in [0.15, 0.2) is 4.42 Å². The van der Waals surface area contributed by atoms with Gasteiger partial charge in [0.25, 0.3) is 5.71 Å². The average molecular weight is 290 g/mol. The number of hydrogen-bond acceptors (Lipinski definition) is 7. The van der Waals surface area contributed by atoms with E-state index in [0.29, 0.717) is 5.71 Å². The monoisotopic (exact) mass is 290 g/mol. The molecule has 1 aliphatic rings. The van der Waals surface area contributed by atoms with E-state index in [4.69, 9.17) is 10.2 Å². The van der Waals surface area contributed by atoms with Crippen molar-refractivity contribution in [3.05, 3.63) is 5.89 Å². The molecule has 0 atom stereocenters. The highest BCUT2D eigenvalue weighted by molar-refractivity contribution is 5.83. The van der Waals surface area contributed by atoms with Crippen LogP contribution in [0.4, 0.5) is 11.8 Å². The quantitative estimate of drug-likeness (QED) is 0.803. The van der Waals surface area contributed by atoms with Crippen molar-refractivity contribution in [3.8, 4) is 0 Å². The van der Waals surface area contributed by atoms with Gasteiger partial charge in [0.1, 0.15) is 0 Å². The second-order valence-corrected chi connectivity index (χ2v) is 5.36. The number of aromatic nitrogens is 3. The molecule has 114 valence electrons. The molecule has 3 N–H and O–H groups in total. The Morgan fingerprint density at radius 3 is 2.76 bits per heavy atom. The molecule has 0 saturated carbocycles. The van der Waals surface area contributed by atoms with E-state index >= 15 is 0 Å². The van der Waals surface area contributed by atoms with Crippen LogP contribution in [0, 0.1) is 0 Å². The summed E-state index contributed by atoms with van der Waals surface area (Å²) in [5.74, 6) is 1.77. The molecule has 7 heteroatoms. The standard InChI is InChI=1S/C14H22N6O/c1-2-3-4-5-10-17-11-12(20-8-6-16-7-9-20)18-14(15)19-13(11)21-10/h16H,2-9H2,1H3,(H2,15,18,19). The van der Waals surface area contributed by atoms with Gasteiger partial charge in [-0.1, -0.05) is 19.8 Å². The fourth-order valence-electron chi connectivity index (χ4n) is 2.60. The summed E-state index contributed by atoms with van der Waals surface area (Å²) in [5, 5.41) is 3.33. The van der Waals surface area contributed by atoms with Crippen molar-refractivity contribution in [3.63, 3.8) is 0 Å².